The summed E-state index contributed by atoms with van der Waals surface area (Å²) in [5, 5.41) is 3.92. The first-order chi connectivity index (χ1) is 10.1. The molecule has 1 N–H and O–H groups in total. The van der Waals surface area contributed by atoms with Crippen molar-refractivity contribution in [2.24, 2.45) is 0 Å². The summed E-state index contributed by atoms with van der Waals surface area (Å²) in [6, 6.07) is 1.84. The number of hydrogen-bond acceptors (Lipinski definition) is 5. The molecule has 0 spiro atoms. The van der Waals surface area contributed by atoms with Crippen LogP contribution in [0.4, 0.5) is 5.95 Å². The van der Waals surface area contributed by atoms with Gasteiger partial charge in [-0.3, -0.25) is 9.36 Å². The first-order valence-electron chi connectivity index (χ1n) is 7.31. The molecule has 6 heteroatoms. The van der Waals surface area contributed by atoms with Crippen LogP contribution in [-0.4, -0.2) is 27.7 Å². The first-order valence-corrected chi connectivity index (χ1v) is 7.31. The Morgan fingerprint density at radius 3 is 2.76 bits per heavy atom. The first kappa shape index (κ1) is 15.4. The molecular formula is C15H22N4O2. The predicted octanol–water partition coefficient (Wildman–Crippen LogP) is 2.34. The van der Waals surface area contributed by atoms with Gasteiger partial charge >= 0.3 is 0 Å². The van der Waals surface area contributed by atoms with Crippen molar-refractivity contribution in [3.05, 3.63) is 28.2 Å². The van der Waals surface area contributed by atoms with Crippen LogP contribution in [0.5, 0.6) is 0 Å². The Hall–Kier alpha value is -1.95. The maximum atomic E-state index is 12.6. The lowest BCUT2D eigenvalue weighted by Gasteiger charge is -2.15. The van der Waals surface area contributed by atoms with E-state index in [-0.39, 0.29) is 11.6 Å². The molecule has 0 bridgehead atoms. The molecule has 0 unspecified atom stereocenters. The van der Waals surface area contributed by atoms with Crippen LogP contribution < -0.4 is 10.9 Å². The van der Waals surface area contributed by atoms with Crippen LogP contribution in [0.1, 0.15) is 39.3 Å². The fourth-order valence-electron chi connectivity index (χ4n) is 2.22. The van der Waals surface area contributed by atoms with E-state index in [0.717, 1.165) is 11.9 Å². The summed E-state index contributed by atoms with van der Waals surface area (Å²) in [7, 11) is 0. The summed E-state index contributed by atoms with van der Waals surface area (Å²) in [5.41, 5.74) is 1.24. The van der Waals surface area contributed by atoms with E-state index in [4.69, 9.17) is 4.74 Å². The molecule has 2 rings (SSSR count). The number of nitrogens with zero attached hydrogens (tertiary/aromatic N) is 3. The highest BCUT2D eigenvalue weighted by molar-refractivity contribution is 5.76. The Morgan fingerprint density at radius 1 is 1.38 bits per heavy atom. The standard InChI is InChI=1S/C15H22N4O2/c1-5-16-15-17-8-11-7-12(9-21-6-2)14(20)19(10(3)4)13(11)18-15/h7-8,10H,5-6,9H2,1-4H3,(H,16,17,18). The van der Waals surface area contributed by atoms with E-state index < -0.39 is 0 Å². The minimum absolute atomic E-state index is 0.0194. The number of rotatable bonds is 6. The van der Waals surface area contributed by atoms with Crippen molar-refractivity contribution in [2.75, 3.05) is 18.5 Å². The molecule has 0 radical (unpaired) electrons. The van der Waals surface area contributed by atoms with Crippen LogP contribution in [0.3, 0.4) is 0 Å². The van der Waals surface area contributed by atoms with Crippen molar-refractivity contribution in [2.45, 2.75) is 40.3 Å². The summed E-state index contributed by atoms with van der Waals surface area (Å²) in [4.78, 5) is 21.3. The van der Waals surface area contributed by atoms with Crippen LogP contribution in [-0.2, 0) is 11.3 Å². The molecule has 0 fully saturated rings. The largest absolute Gasteiger partial charge is 0.377 e. The molecule has 0 atom stereocenters. The number of ether oxygens (including phenoxy) is 1. The average Bonchev–Trinajstić information content (AvgIpc) is 2.45. The van der Waals surface area contributed by atoms with Gasteiger partial charge in [0.15, 0.2) is 0 Å². The van der Waals surface area contributed by atoms with E-state index in [1.54, 1.807) is 10.8 Å². The van der Waals surface area contributed by atoms with Gasteiger partial charge in [0, 0.05) is 36.3 Å². The van der Waals surface area contributed by atoms with Crippen LogP contribution in [0, 0.1) is 0 Å². The van der Waals surface area contributed by atoms with Gasteiger partial charge in [0.05, 0.1) is 6.61 Å². The zero-order valence-corrected chi connectivity index (χ0v) is 13.0. The van der Waals surface area contributed by atoms with Crippen LogP contribution >= 0.6 is 0 Å². The number of nitrogens with one attached hydrogen (secondary N) is 1. The lowest BCUT2D eigenvalue weighted by molar-refractivity contribution is 0.133. The topological polar surface area (TPSA) is 69.0 Å². The predicted molar refractivity (Wildman–Crippen MR) is 83.7 cm³/mol. The van der Waals surface area contributed by atoms with Crippen LogP contribution in [0.25, 0.3) is 11.0 Å². The molecule has 0 aliphatic carbocycles. The quantitative estimate of drug-likeness (QED) is 0.884. The molecule has 21 heavy (non-hydrogen) atoms. The summed E-state index contributed by atoms with van der Waals surface area (Å²) in [6.45, 7) is 9.46. The molecule has 2 heterocycles. The maximum absolute atomic E-state index is 12.6. The molecule has 114 valence electrons. The average molecular weight is 290 g/mol. The van der Waals surface area contributed by atoms with Gasteiger partial charge in [-0.2, -0.15) is 4.98 Å². The maximum Gasteiger partial charge on any atom is 0.257 e. The SMILES string of the molecule is CCNc1ncc2cc(COCC)c(=O)n(C(C)C)c2n1. The zero-order valence-electron chi connectivity index (χ0n) is 13.0. The molecule has 0 saturated heterocycles. The number of fused-ring (bicyclic) bond motifs is 1. The molecule has 0 aliphatic rings. The lowest BCUT2D eigenvalue weighted by Crippen LogP contribution is -2.27. The van der Waals surface area contributed by atoms with Gasteiger partial charge < -0.3 is 10.1 Å². The van der Waals surface area contributed by atoms with E-state index in [1.165, 1.54) is 0 Å². The Morgan fingerprint density at radius 2 is 2.14 bits per heavy atom. The minimum atomic E-state index is -0.0490. The van der Waals surface area contributed by atoms with E-state index in [9.17, 15) is 4.79 Å². The smallest absolute Gasteiger partial charge is 0.257 e. The molecule has 0 aliphatic heterocycles. The number of anilines is 1. The second-order valence-electron chi connectivity index (χ2n) is 5.08. The Balaban J connectivity index is 2.64. The van der Waals surface area contributed by atoms with E-state index in [0.29, 0.717) is 30.4 Å². The fraction of sp³-hybridized carbons (Fsp3) is 0.533. The van der Waals surface area contributed by atoms with Gasteiger partial charge in [-0.15, -0.1) is 0 Å². The summed E-state index contributed by atoms with van der Waals surface area (Å²) in [5.74, 6) is 0.538. The van der Waals surface area contributed by atoms with Crippen molar-refractivity contribution in [1.29, 1.82) is 0 Å². The summed E-state index contributed by atoms with van der Waals surface area (Å²) in [6.07, 6.45) is 1.74. The van der Waals surface area contributed by atoms with Crippen molar-refractivity contribution >= 4 is 17.0 Å². The third-order valence-corrected chi connectivity index (χ3v) is 3.16. The van der Waals surface area contributed by atoms with Gasteiger partial charge in [-0.25, -0.2) is 4.98 Å². The Bertz CT molecular complexity index is 679. The van der Waals surface area contributed by atoms with E-state index in [1.807, 2.05) is 33.8 Å². The van der Waals surface area contributed by atoms with Gasteiger partial charge in [-0.1, -0.05) is 0 Å². The van der Waals surface area contributed by atoms with Gasteiger partial charge in [0.1, 0.15) is 5.65 Å². The summed E-state index contributed by atoms with van der Waals surface area (Å²) < 4.78 is 7.08. The highest BCUT2D eigenvalue weighted by Gasteiger charge is 2.14. The van der Waals surface area contributed by atoms with Gasteiger partial charge in [0.25, 0.3) is 5.56 Å². The molecule has 0 saturated carbocycles. The third-order valence-electron chi connectivity index (χ3n) is 3.16. The highest BCUT2D eigenvalue weighted by atomic mass is 16.5. The van der Waals surface area contributed by atoms with Crippen molar-refractivity contribution in [3.8, 4) is 0 Å². The van der Waals surface area contributed by atoms with E-state index >= 15 is 0 Å². The van der Waals surface area contributed by atoms with Crippen LogP contribution in [0.15, 0.2) is 17.1 Å². The lowest BCUT2D eigenvalue weighted by atomic mass is 10.2. The van der Waals surface area contributed by atoms with Gasteiger partial charge in [0.2, 0.25) is 5.95 Å². The fourth-order valence-corrected chi connectivity index (χ4v) is 2.22. The zero-order chi connectivity index (χ0) is 15.4. The van der Waals surface area contributed by atoms with Gasteiger partial charge in [-0.05, 0) is 33.8 Å². The second-order valence-corrected chi connectivity index (χ2v) is 5.08. The van der Waals surface area contributed by atoms with Crippen molar-refractivity contribution in [1.82, 2.24) is 14.5 Å². The van der Waals surface area contributed by atoms with Crippen molar-refractivity contribution in [3.63, 3.8) is 0 Å². The molecule has 2 aromatic heterocycles. The Kier molecular flexibility index (Phi) is 4.90. The number of pyridine rings is 1. The van der Waals surface area contributed by atoms with E-state index in [2.05, 4.69) is 15.3 Å². The number of aromatic nitrogens is 3. The normalized spacial score (nSPS) is 11.3. The second kappa shape index (κ2) is 6.67. The molecule has 2 aromatic rings. The number of hydrogen-bond donors (Lipinski definition) is 1. The molecule has 0 amide bonds. The third kappa shape index (κ3) is 3.21. The monoisotopic (exact) mass is 290 g/mol. The Labute approximate surface area is 124 Å². The molecule has 6 nitrogen and oxygen atoms in total. The van der Waals surface area contributed by atoms with Crippen LogP contribution in [0.2, 0.25) is 0 Å². The highest BCUT2D eigenvalue weighted by Crippen LogP contribution is 2.16. The molecular weight excluding hydrogens is 268 g/mol. The molecule has 0 aromatic carbocycles. The minimum Gasteiger partial charge on any atom is -0.377 e. The summed E-state index contributed by atoms with van der Waals surface area (Å²) >= 11 is 0. The van der Waals surface area contributed by atoms with Crippen molar-refractivity contribution < 1.29 is 4.74 Å².